The summed E-state index contributed by atoms with van der Waals surface area (Å²) in [6.45, 7) is 0. The van der Waals surface area contributed by atoms with E-state index in [2.05, 4.69) is 138 Å². The Morgan fingerprint density at radius 2 is 0.811 bits per heavy atom. The Bertz CT molecular complexity index is 2760. The van der Waals surface area contributed by atoms with Crippen LogP contribution in [0.4, 0.5) is 17.1 Å². The maximum Gasteiger partial charge on any atom is 0.227 e. The fourth-order valence-corrected chi connectivity index (χ4v) is 7.31. The first-order chi connectivity index (χ1) is 26.3. The first-order valence-corrected chi connectivity index (χ1v) is 17.8. The second-order valence-corrected chi connectivity index (χ2v) is 13.2. The molecule has 4 nitrogen and oxygen atoms in total. The molecule has 2 heterocycles. The molecule has 0 atom stereocenters. The predicted octanol–water partition coefficient (Wildman–Crippen LogP) is 13.9. The minimum absolute atomic E-state index is 0.583. The normalized spacial score (nSPS) is 11.4. The maximum atomic E-state index is 6.58. The number of oxazole rings is 1. The second-order valence-electron chi connectivity index (χ2n) is 13.2. The zero-order valence-corrected chi connectivity index (χ0v) is 28.7. The molecular formula is C49H32N2O2. The van der Waals surface area contributed by atoms with Gasteiger partial charge in [-0.05, 0) is 88.5 Å². The lowest BCUT2D eigenvalue weighted by Gasteiger charge is -2.26. The van der Waals surface area contributed by atoms with Crippen molar-refractivity contribution in [3.63, 3.8) is 0 Å². The van der Waals surface area contributed by atoms with Crippen molar-refractivity contribution in [1.29, 1.82) is 0 Å². The summed E-state index contributed by atoms with van der Waals surface area (Å²) in [6, 6.07) is 67.5. The van der Waals surface area contributed by atoms with Crippen molar-refractivity contribution in [3.05, 3.63) is 194 Å². The summed E-state index contributed by atoms with van der Waals surface area (Å²) in [6.07, 6.45) is 0. The number of hydrogen-bond acceptors (Lipinski definition) is 4. The third-order valence-electron chi connectivity index (χ3n) is 9.93. The monoisotopic (exact) mass is 680 g/mol. The Hall–Kier alpha value is -7.17. The highest BCUT2D eigenvalue weighted by atomic mass is 16.4. The fraction of sp³-hybridized carbons (Fsp3) is 0. The summed E-state index contributed by atoms with van der Waals surface area (Å²) in [5.74, 6) is 0.583. The molecule has 0 saturated heterocycles. The van der Waals surface area contributed by atoms with Crippen molar-refractivity contribution in [2.75, 3.05) is 4.90 Å². The van der Waals surface area contributed by atoms with Gasteiger partial charge in [-0.1, -0.05) is 133 Å². The summed E-state index contributed by atoms with van der Waals surface area (Å²) in [7, 11) is 0. The highest BCUT2D eigenvalue weighted by Gasteiger charge is 2.22. The van der Waals surface area contributed by atoms with Crippen molar-refractivity contribution in [2.45, 2.75) is 0 Å². The fourth-order valence-electron chi connectivity index (χ4n) is 7.31. The van der Waals surface area contributed by atoms with Crippen LogP contribution in [0.5, 0.6) is 0 Å². The average molecular weight is 681 g/mol. The number of anilines is 3. The molecule has 0 aliphatic heterocycles. The summed E-state index contributed by atoms with van der Waals surface area (Å²) in [5.41, 5.74) is 13.9. The van der Waals surface area contributed by atoms with Crippen molar-refractivity contribution >= 4 is 50.1 Å². The topological polar surface area (TPSA) is 42.4 Å². The molecule has 0 fully saturated rings. The number of fused-ring (bicyclic) bond motifs is 4. The maximum absolute atomic E-state index is 6.58. The average Bonchev–Trinajstić information content (AvgIpc) is 3.83. The van der Waals surface area contributed by atoms with Crippen LogP contribution >= 0.6 is 0 Å². The molecule has 0 bridgehead atoms. The minimum Gasteiger partial charge on any atom is -0.455 e. The molecule has 0 amide bonds. The van der Waals surface area contributed by atoms with Crippen molar-refractivity contribution in [1.82, 2.24) is 4.98 Å². The minimum atomic E-state index is 0.583. The first-order valence-electron chi connectivity index (χ1n) is 17.8. The molecule has 2 aromatic heterocycles. The zero-order chi connectivity index (χ0) is 35.1. The lowest BCUT2D eigenvalue weighted by atomic mass is 9.99. The summed E-state index contributed by atoms with van der Waals surface area (Å²) in [4.78, 5) is 7.36. The van der Waals surface area contributed by atoms with E-state index < -0.39 is 0 Å². The van der Waals surface area contributed by atoms with E-state index in [1.165, 1.54) is 22.3 Å². The molecule has 0 spiro atoms. The molecule has 0 aliphatic carbocycles. The van der Waals surface area contributed by atoms with E-state index in [1.54, 1.807) is 0 Å². The highest BCUT2D eigenvalue weighted by Crippen LogP contribution is 2.44. The molecule has 0 unspecified atom stereocenters. The molecule has 250 valence electrons. The largest absolute Gasteiger partial charge is 0.455 e. The van der Waals surface area contributed by atoms with Gasteiger partial charge in [0.2, 0.25) is 5.89 Å². The van der Waals surface area contributed by atoms with Gasteiger partial charge in [0, 0.05) is 33.4 Å². The van der Waals surface area contributed by atoms with E-state index in [1.807, 2.05) is 60.7 Å². The van der Waals surface area contributed by atoms with Crippen molar-refractivity contribution < 1.29 is 8.83 Å². The third kappa shape index (κ3) is 5.54. The zero-order valence-electron chi connectivity index (χ0n) is 28.7. The van der Waals surface area contributed by atoms with Gasteiger partial charge in [0.25, 0.3) is 0 Å². The summed E-state index contributed by atoms with van der Waals surface area (Å²) in [5, 5.41) is 2.05. The lowest BCUT2D eigenvalue weighted by molar-refractivity contribution is 0.620. The molecule has 8 aromatic carbocycles. The predicted molar refractivity (Wildman–Crippen MR) is 218 cm³/mol. The number of benzene rings is 8. The van der Waals surface area contributed by atoms with Crippen LogP contribution in [0.25, 0.3) is 77.9 Å². The second kappa shape index (κ2) is 12.9. The standard InChI is InChI=1S/C49H32N2O2/c1-4-12-33(13-5-1)35-20-26-39(27-21-35)51(40-28-22-36(23-29-40)34-14-6-2-7-15-34)41-30-24-37(25-31-41)46-47-45(53-49(50-47)38-16-8-3-9-17-38)32-43-42-18-10-11-19-44(42)52-48(43)46/h1-32H. The van der Waals surface area contributed by atoms with E-state index >= 15 is 0 Å². The van der Waals surface area contributed by atoms with Gasteiger partial charge in [-0.2, -0.15) is 0 Å². The molecule has 10 rings (SSSR count). The van der Waals surface area contributed by atoms with Crippen molar-refractivity contribution in [2.24, 2.45) is 0 Å². The number of rotatable bonds is 7. The van der Waals surface area contributed by atoms with Crippen LogP contribution in [0, 0.1) is 0 Å². The third-order valence-corrected chi connectivity index (χ3v) is 9.93. The van der Waals surface area contributed by atoms with Gasteiger partial charge in [0.05, 0.1) is 5.56 Å². The van der Waals surface area contributed by atoms with Gasteiger partial charge in [0.1, 0.15) is 16.7 Å². The molecule has 0 saturated carbocycles. The molecular weight excluding hydrogens is 649 g/mol. The van der Waals surface area contributed by atoms with E-state index in [0.29, 0.717) is 5.89 Å². The molecule has 53 heavy (non-hydrogen) atoms. The number of hydrogen-bond donors (Lipinski definition) is 0. The molecule has 0 N–H and O–H groups in total. The summed E-state index contributed by atoms with van der Waals surface area (Å²) >= 11 is 0. The van der Waals surface area contributed by atoms with E-state index in [9.17, 15) is 0 Å². The quantitative estimate of drug-likeness (QED) is 0.168. The summed E-state index contributed by atoms with van der Waals surface area (Å²) < 4.78 is 13.0. The number of aromatic nitrogens is 1. The van der Waals surface area contributed by atoms with Crippen LogP contribution in [0.1, 0.15) is 0 Å². The van der Waals surface area contributed by atoms with Gasteiger partial charge in [-0.15, -0.1) is 0 Å². The lowest BCUT2D eigenvalue weighted by Crippen LogP contribution is -2.09. The van der Waals surface area contributed by atoms with Crippen LogP contribution in [-0.2, 0) is 0 Å². The molecule has 10 aromatic rings. The first kappa shape index (κ1) is 30.6. The number of nitrogens with zero attached hydrogens (tertiary/aromatic N) is 2. The number of furan rings is 1. The highest BCUT2D eigenvalue weighted by molar-refractivity contribution is 6.16. The Labute approximate surface area is 306 Å². The number of para-hydroxylation sites is 1. The van der Waals surface area contributed by atoms with Crippen LogP contribution in [0.15, 0.2) is 203 Å². The van der Waals surface area contributed by atoms with Gasteiger partial charge in [-0.25, -0.2) is 4.98 Å². The molecule has 0 radical (unpaired) electrons. The van der Waals surface area contributed by atoms with Gasteiger partial charge < -0.3 is 13.7 Å². The SMILES string of the molecule is c1ccc(-c2ccc(N(c3ccc(-c4ccccc4)cc3)c3ccc(-c4c5nc(-c6ccccc6)oc5cc5c4oc4ccccc45)cc3)cc2)cc1. The van der Waals surface area contributed by atoms with Crippen LogP contribution in [0.3, 0.4) is 0 Å². The van der Waals surface area contributed by atoms with Gasteiger partial charge in [-0.3, -0.25) is 0 Å². The van der Waals surface area contributed by atoms with Crippen LogP contribution in [0.2, 0.25) is 0 Å². The Morgan fingerprint density at radius 3 is 1.36 bits per heavy atom. The molecule has 0 aliphatic rings. The smallest absolute Gasteiger partial charge is 0.227 e. The van der Waals surface area contributed by atoms with Crippen LogP contribution < -0.4 is 4.90 Å². The van der Waals surface area contributed by atoms with E-state index in [4.69, 9.17) is 13.8 Å². The van der Waals surface area contributed by atoms with Gasteiger partial charge in [0.15, 0.2) is 5.58 Å². The van der Waals surface area contributed by atoms with Crippen molar-refractivity contribution in [3.8, 4) is 44.8 Å². The Kier molecular flexibility index (Phi) is 7.43. The van der Waals surface area contributed by atoms with E-state index in [0.717, 1.165) is 66.8 Å². The molecule has 4 heteroatoms. The Balaban J connectivity index is 1.11. The van der Waals surface area contributed by atoms with E-state index in [-0.39, 0.29) is 0 Å². The van der Waals surface area contributed by atoms with Gasteiger partial charge >= 0.3 is 0 Å². The Morgan fingerprint density at radius 1 is 0.358 bits per heavy atom. The van der Waals surface area contributed by atoms with Crippen LogP contribution in [-0.4, -0.2) is 4.98 Å².